The highest BCUT2D eigenvalue weighted by molar-refractivity contribution is 7.91. The van der Waals surface area contributed by atoms with Crippen LogP contribution in [0.4, 0.5) is 25.0 Å². The lowest BCUT2D eigenvalue weighted by atomic mass is 10.2. The number of hydrogen-bond acceptors (Lipinski definition) is 6. The van der Waals surface area contributed by atoms with Crippen LogP contribution in [0.2, 0.25) is 0 Å². The Balaban J connectivity index is 1.78. The Hall–Kier alpha value is -2.21. The molecule has 1 unspecified atom stereocenters. The number of sulfone groups is 1. The minimum absolute atomic E-state index is 0.00784. The number of anilines is 2. The SMILES string of the molecule is NC(=S)NCC1CN(c2cc(F)c(N3CCCS(=O)(=O)CC3)c(F)c2)C(=O)O1. The van der Waals surface area contributed by atoms with Gasteiger partial charge in [0.15, 0.2) is 26.6 Å². The van der Waals surface area contributed by atoms with E-state index in [9.17, 15) is 22.0 Å². The number of nitrogens with zero attached hydrogens (tertiary/aromatic N) is 2. The molecule has 0 bridgehead atoms. The smallest absolute Gasteiger partial charge is 0.414 e. The van der Waals surface area contributed by atoms with E-state index in [2.05, 4.69) is 17.5 Å². The summed E-state index contributed by atoms with van der Waals surface area (Å²) < 4.78 is 58.0. The minimum Gasteiger partial charge on any atom is -0.442 e. The molecule has 1 aromatic carbocycles. The zero-order chi connectivity index (χ0) is 20.5. The van der Waals surface area contributed by atoms with Crippen molar-refractivity contribution < 1.29 is 26.7 Å². The van der Waals surface area contributed by atoms with Crippen molar-refractivity contribution in [2.24, 2.45) is 5.73 Å². The fourth-order valence-corrected chi connectivity index (χ4v) is 4.58. The fourth-order valence-electron chi connectivity index (χ4n) is 3.23. The van der Waals surface area contributed by atoms with Gasteiger partial charge in [0.1, 0.15) is 11.8 Å². The maximum absolute atomic E-state index is 14.7. The van der Waals surface area contributed by atoms with Gasteiger partial charge in [-0.3, -0.25) is 4.90 Å². The van der Waals surface area contributed by atoms with Crippen LogP contribution in [0, 0.1) is 11.6 Å². The second kappa shape index (κ2) is 8.03. The third-order valence-corrected chi connectivity index (χ3v) is 6.42. The molecule has 0 saturated carbocycles. The summed E-state index contributed by atoms with van der Waals surface area (Å²) >= 11 is 4.69. The van der Waals surface area contributed by atoms with Gasteiger partial charge in [-0.1, -0.05) is 0 Å². The molecule has 3 rings (SSSR count). The Labute approximate surface area is 166 Å². The quantitative estimate of drug-likeness (QED) is 0.669. The van der Waals surface area contributed by atoms with E-state index in [1.165, 1.54) is 4.90 Å². The zero-order valence-corrected chi connectivity index (χ0v) is 16.5. The number of rotatable bonds is 4. The summed E-state index contributed by atoms with van der Waals surface area (Å²) in [5.74, 6) is -1.91. The van der Waals surface area contributed by atoms with Crippen LogP contribution in [-0.2, 0) is 14.6 Å². The number of thiocarbonyl (C=S) groups is 1. The van der Waals surface area contributed by atoms with E-state index >= 15 is 0 Å². The van der Waals surface area contributed by atoms with Crippen molar-refractivity contribution in [3.8, 4) is 0 Å². The van der Waals surface area contributed by atoms with Gasteiger partial charge in [0.2, 0.25) is 0 Å². The lowest BCUT2D eigenvalue weighted by Gasteiger charge is -2.24. The number of nitrogens with one attached hydrogen (secondary N) is 1. The highest BCUT2D eigenvalue weighted by atomic mass is 32.2. The van der Waals surface area contributed by atoms with E-state index in [-0.39, 0.29) is 54.2 Å². The lowest BCUT2D eigenvalue weighted by molar-refractivity contribution is 0.143. The van der Waals surface area contributed by atoms with Crippen molar-refractivity contribution in [3.05, 3.63) is 23.8 Å². The third-order valence-electron chi connectivity index (χ3n) is 4.56. The Kier molecular flexibility index (Phi) is 5.89. The molecule has 154 valence electrons. The van der Waals surface area contributed by atoms with E-state index in [1.54, 1.807) is 0 Å². The van der Waals surface area contributed by atoms with Crippen LogP contribution in [0.3, 0.4) is 0 Å². The van der Waals surface area contributed by atoms with E-state index < -0.39 is 33.7 Å². The highest BCUT2D eigenvalue weighted by Gasteiger charge is 2.34. The maximum Gasteiger partial charge on any atom is 0.414 e. The minimum atomic E-state index is -3.21. The van der Waals surface area contributed by atoms with Gasteiger partial charge >= 0.3 is 6.09 Å². The van der Waals surface area contributed by atoms with Crippen molar-refractivity contribution >= 4 is 44.6 Å². The van der Waals surface area contributed by atoms with Gasteiger partial charge < -0.3 is 20.7 Å². The number of amides is 1. The van der Waals surface area contributed by atoms with E-state index in [1.807, 2.05) is 0 Å². The van der Waals surface area contributed by atoms with Crippen molar-refractivity contribution in [3.63, 3.8) is 0 Å². The molecule has 0 radical (unpaired) electrons. The number of hydrogen-bond donors (Lipinski definition) is 2. The normalized spacial score (nSPS) is 21.9. The largest absolute Gasteiger partial charge is 0.442 e. The van der Waals surface area contributed by atoms with Crippen LogP contribution >= 0.6 is 12.2 Å². The lowest BCUT2D eigenvalue weighted by Crippen LogP contribution is -2.37. The molecular formula is C16H20F2N4O4S2. The van der Waals surface area contributed by atoms with Crippen molar-refractivity contribution in [1.82, 2.24) is 5.32 Å². The molecule has 2 aliphatic rings. The van der Waals surface area contributed by atoms with Crippen molar-refractivity contribution in [2.45, 2.75) is 12.5 Å². The molecule has 2 fully saturated rings. The number of carbonyl (C=O) groups is 1. The van der Waals surface area contributed by atoms with Crippen LogP contribution in [0.5, 0.6) is 0 Å². The summed E-state index contributed by atoms with van der Waals surface area (Å²) in [7, 11) is -3.21. The molecular weight excluding hydrogens is 414 g/mol. The summed E-state index contributed by atoms with van der Waals surface area (Å²) in [6.45, 7) is 0.496. The van der Waals surface area contributed by atoms with Crippen molar-refractivity contribution in [1.29, 1.82) is 0 Å². The topological polar surface area (TPSA) is 105 Å². The monoisotopic (exact) mass is 434 g/mol. The molecule has 28 heavy (non-hydrogen) atoms. The Morgan fingerprint density at radius 1 is 1.29 bits per heavy atom. The molecule has 2 saturated heterocycles. The molecule has 1 amide bonds. The molecule has 0 aromatic heterocycles. The third kappa shape index (κ3) is 4.61. The molecule has 12 heteroatoms. The number of nitrogens with two attached hydrogens (primary N) is 1. The van der Waals surface area contributed by atoms with E-state index in [0.29, 0.717) is 6.42 Å². The van der Waals surface area contributed by atoms with Gasteiger partial charge in [0.25, 0.3) is 0 Å². The Morgan fingerprint density at radius 3 is 2.61 bits per heavy atom. The fraction of sp³-hybridized carbons (Fsp3) is 0.500. The maximum atomic E-state index is 14.7. The first-order valence-corrected chi connectivity index (χ1v) is 10.8. The first kappa shape index (κ1) is 20.5. The van der Waals surface area contributed by atoms with E-state index in [0.717, 1.165) is 17.0 Å². The molecule has 2 heterocycles. The molecule has 0 aliphatic carbocycles. The summed E-state index contributed by atoms with van der Waals surface area (Å²) in [5, 5.41) is 2.72. The van der Waals surface area contributed by atoms with E-state index in [4.69, 9.17) is 10.5 Å². The van der Waals surface area contributed by atoms with Crippen LogP contribution in [0.25, 0.3) is 0 Å². The number of ether oxygens (including phenoxy) is 1. The summed E-state index contributed by atoms with van der Waals surface area (Å²) in [6, 6.07) is 2.09. The Bertz CT molecular complexity index is 874. The number of halogens is 2. The van der Waals surface area contributed by atoms with Crippen LogP contribution < -0.4 is 20.9 Å². The standard InChI is InChI=1S/C16H20F2N4O4S2/c17-12-6-10(22-9-11(26-16(22)23)8-20-15(19)27)7-13(18)14(12)21-2-1-4-28(24,25)5-3-21/h6-7,11H,1-5,8-9H2,(H3,19,20,27). The molecule has 1 aromatic rings. The predicted octanol–water partition coefficient (Wildman–Crippen LogP) is 0.748. The van der Waals surface area contributed by atoms with Gasteiger partial charge in [0, 0.05) is 25.2 Å². The number of carbonyl (C=O) groups excluding carboxylic acids is 1. The summed E-state index contributed by atoms with van der Waals surface area (Å²) in [6.07, 6.45) is -1.02. The predicted molar refractivity (Wildman–Crippen MR) is 104 cm³/mol. The van der Waals surface area contributed by atoms with Gasteiger partial charge in [0.05, 0.1) is 30.3 Å². The first-order valence-electron chi connectivity index (χ1n) is 8.62. The van der Waals surface area contributed by atoms with Crippen molar-refractivity contribution in [2.75, 3.05) is 47.5 Å². The van der Waals surface area contributed by atoms with Crippen LogP contribution in [-0.4, -0.2) is 63.4 Å². The molecule has 1 atom stereocenters. The Morgan fingerprint density at radius 2 is 1.96 bits per heavy atom. The van der Waals surface area contributed by atoms with Crippen LogP contribution in [0.1, 0.15) is 6.42 Å². The average Bonchev–Trinajstić information content (AvgIpc) is 2.87. The summed E-state index contributed by atoms with van der Waals surface area (Å²) in [4.78, 5) is 14.6. The first-order chi connectivity index (χ1) is 13.2. The second-order valence-electron chi connectivity index (χ2n) is 6.61. The number of benzene rings is 1. The average molecular weight is 434 g/mol. The molecule has 3 N–H and O–H groups in total. The highest BCUT2D eigenvalue weighted by Crippen LogP contribution is 2.31. The zero-order valence-electron chi connectivity index (χ0n) is 14.9. The molecule has 2 aliphatic heterocycles. The van der Waals surface area contributed by atoms with Crippen LogP contribution in [0.15, 0.2) is 12.1 Å². The van der Waals surface area contributed by atoms with Gasteiger partial charge in [-0.05, 0) is 18.6 Å². The molecule has 0 spiro atoms. The second-order valence-corrected chi connectivity index (χ2v) is 9.36. The molecule has 8 nitrogen and oxygen atoms in total. The van der Waals surface area contributed by atoms with Gasteiger partial charge in [-0.2, -0.15) is 0 Å². The summed E-state index contributed by atoms with van der Waals surface area (Å²) in [5.41, 5.74) is 5.06. The van der Waals surface area contributed by atoms with Gasteiger partial charge in [-0.15, -0.1) is 0 Å². The number of cyclic esters (lactones) is 1. The van der Waals surface area contributed by atoms with Gasteiger partial charge in [-0.25, -0.2) is 22.0 Å².